The highest BCUT2D eigenvalue weighted by Crippen LogP contribution is 2.17. The Bertz CT molecular complexity index is 392. The van der Waals surface area contributed by atoms with E-state index in [-0.39, 0.29) is 0 Å². The zero-order valence-electron chi connectivity index (χ0n) is 6.06. The molecule has 3 heteroatoms. The standard InChI is InChI=1S/C8H7BrN2/c1-5-4-10-8-6(5)2-3-7(9)11-8/h2-4H,1H3,(H,10,11). The Balaban J connectivity index is 2.86. The van der Waals surface area contributed by atoms with Gasteiger partial charge in [0.1, 0.15) is 10.3 Å². The molecule has 0 amide bonds. The van der Waals surface area contributed by atoms with Crippen LogP contribution in [0.4, 0.5) is 0 Å². The third-order valence-corrected chi connectivity index (χ3v) is 2.15. The number of nitrogens with one attached hydrogen (secondary N) is 1. The average Bonchev–Trinajstić information content (AvgIpc) is 2.32. The molecule has 0 aliphatic carbocycles. The summed E-state index contributed by atoms with van der Waals surface area (Å²) in [6.45, 7) is 2.06. The molecule has 0 aliphatic rings. The maximum Gasteiger partial charge on any atom is 0.138 e. The predicted octanol–water partition coefficient (Wildman–Crippen LogP) is 2.63. The van der Waals surface area contributed by atoms with Crippen molar-refractivity contribution in [3.05, 3.63) is 28.5 Å². The van der Waals surface area contributed by atoms with E-state index >= 15 is 0 Å². The van der Waals surface area contributed by atoms with Crippen molar-refractivity contribution in [1.29, 1.82) is 0 Å². The fourth-order valence-electron chi connectivity index (χ4n) is 1.12. The van der Waals surface area contributed by atoms with E-state index in [0.717, 1.165) is 10.3 Å². The van der Waals surface area contributed by atoms with E-state index in [9.17, 15) is 0 Å². The van der Waals surface area contributed by atoms with Crippen molar-refractivity contribution in [2.75, 3.05) is 0 Å². The monoisotopic (exact) mass is 210 g/mol. The highest BCUT2D eigenvalue weighted by molar-refractivity contribution is 9.10. The molecule has 2 heterocycles. The Morgan fingerprint density at radius 2 is 2.27 bits per heavy atom. The zero-order chi connectivity index (χ0) is 7.84. The van der Waals surface area contributed by atoms with Crippen LogP contribution in [0.2, 0.25) is 0 Å². The van der Waals surface area contributed by atoms with Gasteiger partial charge < -0.3 is 4.98 Å². The molecule has 0 aromatic carbocycles. The first-order valence-corrected chi connectivity index (χ1v) is 4.17. The quantitative estimate of drug-likeness (QED) is 0.666. The van der Waals surface area contributed by atoms with E-state index in [1.165, 1.54) is 10.9 Å². The van der Waals surface area contributed by atoms with Gasteiger partial charge in [-0.2, -0.15) is 0 Å². The molecule has 0 aliphatic heterocycles. The van der Waals surface area contributed by atoms with Gasteiger partial charge in [0.15, 0.2) is 0 Å². The number of aromatic amines is 1. The number of pyridine rings is 1. The maximum absolute atomic E-state index is 4.26. The van der Waals surface area contributed by atoms with Crippen molar-refractivity contribution in [3.8, 4) is 0 Å². The number of rotatable bonds is 0. The number of nitrogens with zero attached hydrogens (tertiary/aromatic N) is 1. The van der Waals surface area contributed by atoms with Gasteiger partial charge in [-0.05, 0) is 40.5 Å². The molecule has 0 saturated carbocycles. The van der Waals surface area contributed by atoms with Gasteiger partial charge in [-0.15, -0.1) is 0 Å². The van der Waals surface area contributed by atoms with Gasteiger partial charge in [-0.1, -0.05) is 0 Å². The number of aromatic nitrogens is 2. The molecule has 2 aromatic heterocycles. The van der Waals surface area contributed by atoms with Crippen LogP contribution in [0, 0.1) is 6.92 Å². The first-order chi connectivity index (χ1) is 5.27. The highest BCUT2D eigenvalue weighted by atomic mass is 79.9. The smallest absolute Gasteiger partial charge is 0.138 e. The number of H-pyrrole nitrogens is 1. The summed E-state index contributed by atoms with van der Waals surface area (Å²) < 4.78 is 0.867. The van der Waals surface area contributed by atoms with Crippen LogP contribution in [0.5, 0.6) is 0 Å². The zero-order valence-corrected chi connectivity index (χ0v) is 7.64. The Kier molecular flexibility index (Phi) is 1.46. The Morgan fingerprint density at radius 1 is 1.45 bits per heavy atom. The van der Waals surface area contributed by atoms with Gasteiger partial charge >= 0.3 is 0 Å². The van der Waals surface area contributed by atoms with Crippen LogP contribution in [0.15, 0.2) is 22.9 Å². The van der Waals surface area contributed by atoms with Crippen LogP contribution in [-0.4, -0.2) is 9.97 Å². The lowest BCUT2D eigenvalue weighted by Gasteiger charge is -1.90. The molecule has 0 atom stereocenters. The molecule has 1 N–H and O–H groups in total. The van der Waals surface area contributed by atoms with E-state index < -0.39 is 0 Å². The Labute approximate surface area is 72.8 Å². The van der Waals surface area contributed by atoms with E-state index in [4.69, 9.17) is 0 Å². The second kappa shape index (κ2) is 2.34. The molecule has 0 saturated heterocycles. The number of hydrogen-bond donors (Lipinski definition) is 1. The van der Waals surface area contributed by atoms with Gasteiger partial charge in [0.2, 0.25) is 0 Å². The van der Waals surface area contributed by atoms with Crippen molar-refractivity contribution in [2.24, 2.45) is 0 Å². The molecule has 0 unspecified atom stereocenters. The topological polar surface area (TPSA) is 28.7 Å². The lowest BCUT2D eigenvalue weighted by Crippen LogP contribution is -1.76. The molecule has 2 aromatic rings. The summed E-state index contributed by atoms with van der Waals surface area (Å²) in [5, 5.41) is 1.19. The first kappa shape index (κ1) is 6.85. The summed E-state index contributed by atoms with van der Waals surface area (Å²) in [6.07, 6.45) is 1.96. The van der Waals surface area contributed by atoms with Crippen LogP contribution in [0.1, 0.15) is 5.56 Å². The van der Waals surface area contributed by atoms with Gasteiger partial charge in [-0.25, -0.2) is 4.98 Å². The Hall–Kier alpha value is -0.830. The normalized spacial score (nSPS) is 10.7. The van der Waals surface area contributed by atoms with Gasteiger partial charge in [0.25, 0.3) is 0 Å². The maximum atomic E-state index is 4.26. The summed E-state index contributed by atoms with van der Waals surface area (Å²) in [5.74, 6) is 0. The molecule has 2 rings (SSSR count). The second-order valence-corrected chi connectivity index (χ2v) is 3.31. The molecule has 11 heavy (non-hydrogen) atoms. The second-order valence-electron chi connectivity index (χ2n) is 2.50. The van der Waals surface area contributed by atoms with Crippen molar-refractivity contribution < 1.29 is 0 Å². The minimum Gasteiger partial charge on any atom is -0.346 e. The third kappa shape index (κ3) is 1.05. The van der Waals surface area contributed by atoms with Crippen LogP contribution in [0.25, 0.3) is 11.0 Å². The fraction of sp³-hybridized carbons (Fsp3) is 0.125. The number of aryl methyl sites for hydroxylation is 1. The summed E-state index contributed by atoms with van der Waals surface area (Å²) in [7, 11) is 0. The molecule has 0 fully saturated rings. The molecule has 2 nitrogen and oxygen atoms in total. The molecular weight excluding hydrogens is 204 g/mol. The average molecular weight is 211 g/mol. The van der Waals surface area contributed by atoms with Crippen LogP contribution < -0.4 is 0 Å². The van der Waals surface area contributed by atoms with Crippen molar-refractivity contribution in [1.82, 2.24) is 9.97 Å². The molecule has 0 spiro atoms. The van der Waals surface area contributed by atoms with Crippen molar-refractivity contribution in [2.45, 2.75) is 6.92 Å². The van der Waals surface area contributed by atoms with E-state index in [1.807, 2.05) is 12.3 Å². The van der Waals surface area contributed by atoms with E-state index in [1.54, 1.807) is 0 Å². The predicted molar refractivity (Wildman–Crippen MR) is 48.5 cm³/mol. The van der Waals surface area contributed by atoms with Crippen molar-refractivity contribution in [3.63, 3.8) is 0 Å². The minimum atomic E-state index is 0.867. The Morgan fingerprint density at radius 3 is 3.09 bits per heavy atom. The fourth-order valence-corrected chi connectivity index (χ4v) is 1.43. The summed E-state index contributed by atoms with van der Waals surface area (Å²) in [6, 6.07) is 4.00. The molecule has 0 bridgehead atoms. The van der Waals surface area contributed by atoms with Gasteiger partial charge in [0, 0.05) is 11.6 Å². The number of hydrogen-bond acceptors (Lipinski definition) is 1. The lowest BCUT2D eigenvalue weighted by molar-refractivity contribution is 1.29. The van der Waals surface area contributed by atoms with E-state index in [2.05, 4.69) is 38.9 Å². The highest BCUT2D eigenvalue weighted by Gasteiger charge is 1.99. The van der Waals surface area contributed by atoms with Crippen LogP contribution in [-0.2, 0) is 0 Å². The van der Waals surface area contributed by atoms with Gasteiger partial charge in [-0.3, -0.25) is 0 Å². The SMILES string of the molecule is Cc1c[nH]c2nc(Br)ccc12. The largest absolute Gasteiger partial charge is 0.346 e. The summed E-state index contributed by atoms with van der Waals surface area (Å²) >= 11 is 3.31. The number of fused-ring (bicyclic) bond motifs is 1. The first-order valence-electron chi connectivity index (χ1n) is 3.37. The van der Waals surface area contributed by atoms with Crippen molar-refractivity contribution >= 4 is 27.0 Å². The summed E-state index contributed by atoms with van der Waals surface area (Å²) in [4.78, 5) is 7.35. The molecule has 0 radical (unpaired) electrons. The third-order valence-electron chi connectivity index (χ3n) is 1.71. The number of halogens is 1. The van der Waals surface area contributed by atoms with Gasteiger partial charge in [0.05, 0.1) is 0 Å². The lowest BCUT2D eigenvalue weighted by atomic mass is 10.2. The molecule has 56 valence electrons. The minimum absolute atomic E-state index is 0.867. The van der Waals surface area contributed by atoms with E-state index in [0.29, 0.717) is 0 Å². The summed E-state index contributed by atoms with van der Waals surface area (Å²) in [5.41, 5.74) is 2.18. The van der Waals surface area contributed by atoms with Crippen LogP contribution in [0.3, 0.4) is 0 Å². The molecular formula is C8H7BrN2. The van der Waals surface area contributed by atoms with Crippen LogP contribution >= 0.6 is 15.9 Å².